The van der Waals surface area contributed by atoms with Crippen LogP contribution in [0.4, 0.5) is 4.79 Å². The van der Waals surface area contributed by atoms with Gasteiger partial charge in [0.25, 0.3) is 5.24 Å². The van der Waals surface area contributed by atoms with Gasteiger partial charge < -0.3 is 4.90 Å². The zero-order valence-corrected chi connectivity index (χ0v) is 19.8. The zero-order chi connectivity index (χ0) is 19.5. The number of amides is 1. The maximum atomic E-state index is 13.0. The molecule has 0 aromatic carbocycles. The van der Waals surface area contributed by atoms with Crippen molar-refractivity contribution >= 4 is 25.1 Å². The van der Waals surface area contributed by atoms with Crippen LogP contribution < -0.4 is 0 Å². The van der Waals surface area contributed by atoms with Gasteiger partial charge in [0.05, 0.1) is 12.9 Å². The molecule has 0 saturated carbocycles. The van der Waals surface area contributed by atoms with E-state index in [4.69, 9.17) is 0 Å². The molecule has 0 N–H and O–H groups in total. The highest BCUT2D eigenvalue weighted by Crippen LogP contribution is 2.42. The Labute approximate surface area is 156 Å². The van der Waals surface area contributed by atoms with Crippen LogP contribution in [0.25, 0.3) is 0 Å². The Balaban J connectivity index is 5.74. The molecule has 0 heterocycles. The molecule has 0 aromatic heterocycles. The first-order chi connectivity index (χ1) is 10.5. The molecule has 1 atom stereocenters. The first-order valence-electron chi connectivity index (χ1n) is 9.02. The maximum absolute atomic E-state index is 13.0. The van der Waals surface area contributed by atoms with Crippen molar-refractivity contribution in [3.63, 3.8) is 0 Å². The third-order valence-electron chi connectivity index (χ3n) is 4.71. The summed E-state index contributed by atoms with van der Waals surface area (Å²) in [5, 5.41) is 0.357. The van der Waals surface area contributed by atoms with E-state index in [1.807, 2.05) is 4.90 Å². The molecular formula is C20H39NOSSi. The van der Waals surface area contributed by atoms with Crippen LogP contribution >= 0.6 is 11.8 Å². The summed E-state index contributed by atoms with van der Waals surface area (Å²) in [5.41, 5.74) is -0.0417. The van der Waals surface area contributed by atoms with Crippen molar-refractivity contribution in [3.8, 4) is 11.8 Å². The normalized spacial score (nSPS) is 14.4. The molecule has 4 heteroatoms. The summed E-state index contributed by atoms with van der Waals surface area (Å²) in [6.07, 6.45) is 0. The van der Waals surface area contributed by atoms with Gasteiger partial charge in [0.15, 0.2) is 0 Å². The summed E-state index contributed by atoms with van der Waals surface area (Å²) >= 11 is 1.46. The van der Waals surface area contributed by atoms with Crippen molar-refractivity contribution in [2.24, 2.45) is 5.41 Å². The van der Waals surface area contributed by atoms with Crippen LogP contribution in [-0.2, 0) is 0 Å². The van der Waals surface area contributed by atoms with Gasteiger partial charge in [-0.1, -0.05) is 57.5 Å². The average molecular weight is 370 g/mol. The van der Waals surface area contributed by atoms with Gasteiger partial charge in [0.2, 0.25) is 0 Å². The van der Waals surface area contributed by atoms with Crippen molar-refractivity contribution < 1.29 is 4.79 Å². The molecule has 0 fully saturated rings. The fraction of sp³-hybridized carbons (Fsp3) is 0.850. The lowest BCUT2D eigenvalue weighted by atomic mass is 9.98. The minimum absolute atomic E-state index is 0.0417. The highest BCUT2D eigenvalue weighted by Gasteiger charge is 2.44. The first-order valence-corrected chi connectivity index (χ1v) is 13.0. The third kappa shape index (κ3) is 6.84. The smallest absolute Gasteiger partial charge is 0.283 e. The molecule has 0 bridgehead atoms. The van der Waals surface area contributed by atoms with E-state index in [0.717, 1.165) is 0 Å². The minimum atomic E-state index is -1.77. The quantitative estimate of drug-likeness (QED) is 0.420. The topological polar surface area (TPSA) is 20.3 Å². The van der Waals surface area contributed by atoms with Crippen molar-refractivity contribution in [2.45, 2.75) is 104 Å². The SMILES string of the molecule is CC(C)N(C(=O)S[C@H](C#CC(C)(C)C)[Si](C)(C)C(C)(C)C)C(C)C. The molecule has 0 aliphatic heterocycles. The van der Waals surface area contributed by atoms with Gasteiger partial charge >= 0.3 is 0 Å². The van der Waals surface area contributed by atoms with E-state index in [0.29, 0.717) is 0 Å². The Kier molecular flexibility index (Phi) is 8.18. The Bertz CT molecular complexity index is 478. The van der Waals surface area contributed by atoms with Crippen LogP contribution in [0.3, 0.4) is 0 Å². The zero-order valence-electron chi connectivity index (χ0n) is 18.0. The van der Waals surface area contributed by atoms with Crippen molar-refractivity contribution in [1.29, 1.82) is 0 Å². The van der Waals surface area contributed by atoms with Crippen molar-refractivity contribution in [1.82, 2.24) is 4.90 Å². The monoisotopic (exact) mass is 369 g/mol. The molecule has 0 aliphatic carbocycles. The van der Waals surface area contributed by atoms with Crippen LogP contribution in [0.15, 0.2) is 0 Å². The van der Waals surface area contributed by atoms with E-state index in [2.05, 4.69) is 94.2 Å². The average Bonchev–Trinajstić information content (AvgIpc) is 2.30. The van der Waals surface area contributed by atoms with Gasteiger partial charge in [-0.25, -0.2) is 0 Å². The summed E-state index contributed by atoms with van der Waals surface area (Å²) in [6, 6.07) is 0.418. The summed E-state index contributed by atoms with van der Waals surface area (Å²) in [5.74, 6) is 6.89. The molecule has 0 unspecified atom stereocenters. The standard InChI is InChI=1S/C20H39NOSSi/c1-15(2)21(16(3)4)18(22)23-17(13-14-19(5,6)7)24(11,12)20(8,9)10/h15-17H,1-12H3/t17-/m0/s1. The number of hydrogen-bond acceptors (Lipinski definition) is 2. The van der Waals surface area contributed by atoms with Crippen LogP contribution in [0.1, 0.15) is 69.2 Å². The van der Waals surface area contributed by atoms with Crippen LogP contribution in [0.5, 0.6) is 0 Å². The number of thioether (sulfide) groups is 1. The Morgan fingerprint density at radius 2 is 1.38 bits per heavy atom. The predicted octanol–water partition coefficient (Wildman–Crippen LogP) is 6.42. The van der Waals surface area contributed by atoms with Crippen LogP contribution in [-0.4, -0.2) is 35.2 Å². The van der Waals surface area contributed by atoms with Gasteiger partial charge in [0, 0.05) is 17.5 Å². The van der Waals surface area contributed by atoms with Gasteiger partial charge in [-0.15, -0.1) is 0 Å². The molecule has 1 amide bonds. The second-order valence-electron chi connectivity index (χ2n) is 9.85. The Morgan fingerprint density at radius 3 is 1.67 bits per heavy atom. The molecule has 0 aromatic rings. The number of nitrogens with zero attached hydrogens (tertiary/aromatic N) is 1. The Hall–Kier alpha value is -0.403. The highest BCUT2D eigenvalue weighted by molar-refractivity contribution is 8.15. The molecule has 0 radical (unpaired) electrons. The third-order valence-corrected chi connectivity index (χ3v) is 12.9. The largest absolute Gasteiger partial charge is 0.329 e. The lowest BCUT2D eigenvalue weighted by Gasteiger charge is -2.41. The lowest BCUT2D eigenvalue weighted by molar-refractivity contribution is 0.190. The summed E-state index contributed by atoms with van der Waals surface area (Å²) in [7, 11) is -1.77. The van der Waals surface area contributed by atoms with E-state index in [9.17, 15) is 4.79 Å². The molecular weight excluding hydrogens is 330 g/mol. The van der Waals surface area contributed by atoms with E-state index in [1.54, 1.807) is 0 Å². The fourth-order valence-electron chi connectivity index (χ4n) is 2.21. The van der Waals surface area contributed by atoms with Crippen LogP contribution in [0.2, 0.25) is 18.1 Å². The summed E-state index contributed by atoms with van der Waals surface area (Å²) in [6.45, 7) is 26.3. The number of rotatable bonds is 4. The second kappa shape index (κ2) is 8.32. The molecule has 0 spiro atoms. The van der Waals surface area contributed by atoms with E-state index in [1.165, 1.54) is 11.8 Å². The number of hydrogen-bond donors (Lipinski definition) is 0. The van der Waals surface area contributed by atoms with Gasteiger partial charge in [-0.2, -0.15) is 0 Å². The van der Waals surface area contributed by atoms with E-state index in [-0.39, 0.29) is 32.6 Å². The lowest BCUT2D eigenvalue weighted by Crippen LogP contribution is -2.49. The van der Waals surface area contributed by atoms with Gasteiger partial charge in [0.1, 0.15) is 0 Å². The molecule has 2 nitrogen and oxygen atoms in total. The van der Waals surface area contributed by atoms with E-state index < -0.39 is 8.07 Å². The second-order valence-corrected chi connectivity index (χ2v) is 16.8. The maximum Gasteiger partial charge on any atom is 0.283 e. The molecule has 24 heavy (non-hydrogen) atoms. The number of carbonyl (C=O) groups is 1. The van der Waals surface area contributed by atoms with Gasteiger partial charge in [-0.05, 0) is 53.5 Å². The molecule has 0 rings (SSSR count). The summed E-state index contributed by atoms with van der Waals surface area (Å²) < 4.78 is 0. The van der Waals surface area contributed by atoms with E-state index >= 15 is 0 Å². The number of carbonyl (C=O) groups excluding carboxylic acids is 1. The van der Waals surface area contributed by atoms with Crippen LogP contribution in [0, 0.1) is 17.3 Å². The molecule has 0 aliphatic rings. The highest BCUT2D eigenvalue weighted by atomic mass is 32.2. The fourth-order valence-corrected chi connectivity index (χ4v) is 6.84. The molecule has 0 saturated heterocycles. The minimum Gasteiger partial charge on any atom is -0.329 e. The Morgan fingerprint density at radius 1 is 0.958 bits per heavy atom. The summed E-state index contributed by atoms with van der Waals surface area (Å²) in [4.78, 5) is 15.1. The predicted molar refractivity (Wildman–Crippen MR) is 113 cm³/mol. The molecule has 140 valence electrons. The first kappa shape index (κ1) is 23.6. The van der Waals surface area contributed by atoms with Crippen molar-refractivity contribution in [3.05, 3.63) is 0 Å². The van der Waals surface area contributed by atoms with Crippen molar-refractivity contribution in [2.75, 3.05) is 0 Å². The van der Waals surface area contributed by atoms with Gasteiger partial charge in [-0.3, -0.25) is 4.79 Å².